The molecule has 0 unspecified atom stereocenters. The summed E-state index contributed by atoms with van der Waals surface area (Å²) < 4.78 is 0.457. The van der Waals surface area contributed by atoms with Crippen LogP contribution in [0.4, 0.5) is 0 Å². The monoisotopic (exact) mass is 366 g/mol. The number of hydrazone groups is 1. The average molecular weight is 367 g/mol. The Morgan fingerprint density at radius 2 is 2.18 bits per heavy atom. The van der Waals surface area contributed by atoms with E-state index in [1.807, 2.05) is 0 Å². The number of carbonyl (C=O) groups is 1. The maximum Gasteiger partial charge on any atom is 0.244 e. The Hall–Kier alpha value is -1.56. The molecular formula is C16H19BrN2O3. The van der Waals surface area contributed by atoms with Crippen molar-refractivity contribution in [2.24, 2.45) is 22.4 Å². The van der Waals surface area contributed by atoms with E-state index in [9.17, 15) is 15.0 Å². The zero-order chi connectivity index (χ0) is 15.9. The van der Waals surface area contributed by atoms with Crippen LogP contribution in [-0.2, 0) is 4.79 Å². The fourth-order valence-corrected chi connectivity index (χ4v) is 4.12. The van der Waals surface area contributed by atoms with Crippen molar-refractivity contribution in [2.75, 3.05) is 0 Å². The van der Waals surface area contributed by atoms with Crippen molar-refractivity contribution in [2.45, 2.75) is 32.6 Å². The van der Waals surface area contributed by atoms with Gasteiger partial charge in [0.1, 0.15) is 11.5 Å². The van der Waals surface area contributed by atoms with Crippen LogP contribution in [-0.4, -0.2) is 22.3 Å². The van der Waals surface area contributed by atoms with Crippen LogP contribution in [0, 0.1) is 17.3 Å². The highest BCUT2D eigenvalue weighted by Crippen LogP contribution is 2.66. The van der Waals surface area contributed by atoms with Gasteiger partial charge in [0.25, 0.3) is 0 Å². The lowest BCUT2D eigenvalue weighted by molar-refractivity contribution is -0.123. The van der Waals surface area contributed by atoms with Crippen LogP contribution in [0.25, 0.3) is 0 Å². The molecule has 3 atom stereocenters. The molecule has 1 amide bonds. The molecule has 0 spiro atoms. The molecule has 0 heterocycles. The Bertz CT molecular complexity index is 647. The van der Waals surface area contributed by atoms with Gasteiger partial charge in [0, 0.05) is 17.5 Å². The van der Waals surface area contributed by atoms with Crippen molar-refractivity contribution in [1.29, 1.82) is 0 Å². The Kier molecular flexibility index (Phi) is 3.89. The smallest absolute Gasteiger partial charge is 0.244 e. The molecule has 118 valence electrons. The summed E-state index contributed by atoms with van der Waals surface area (Å²) in [5.74, 6) is 0.377. The van der Waals surface area contributed by atoms with Gasteiger partial charge in [-0.1, -0.05) is 19.8 Å². The van der Waals surface area contributed by atoms with Gasteiger partial charge in [-0.15, -0.1) is 0 Å². The van der Waals surface area contributed by atoms with E-state index in [0.717, 1.165) is 12.8 Å². The Balaban J connectivity index is 1.63. The van der Waals surface area contributed by atoms with Crippen molar-refractivity contribution >= 4 is 28.1 Å². The summed E-state index contributed by atoms with van der Waals surface area (Å²) in [6.45, 7) is 2.19. The third-order valence-electron chi connectivity index (χ3n) is 5.09. The van der Waals surface area contributed by atoms with Gasteiger partial charge in [-0.2, -0.15) is 5.10 Å². The molecule has 2 saturated carbocycles. The van der Waals surface area contributed by atoms with Gasteiger partial charge in [0.05, 0.1) is 10.7 Å². The molecule has 0 aromatic heterocycles. The molecule has 3 rings (SSSR count). The van der Waals surface area contributed by atoms with E-state index in [1.165, 1.54) is 25.1 Å². The summed E-state index contributed by atoms with van der Waals surface area (Å²) in [4.78, 5) is 12.2. The summed E-state index contributed by atoms with van der Waals surface area (Å²) in [5, 5.41) is 23.1. The van der Waals surface area contributed by atoms with Crippen LogP contribution in [0.5, 0.6) is 11.5 Å². The minimum absolute atomic E-state index is 0.0389. The Labute approximate surface area is 137 Å². The first-order valence-electron chi connectivity index (χ1n) is 7.48. The molecule has 0 radical (unpaired) electrons. The van der Waals surface area contributed by atoms with Crippen LogP contribution in [0.3, 0.4) is 0 Å². The number of phenolic OH excluding ortho intramolecular Hbond substituents is 2. The van der Waals surface area contributed by atoms with Crippen molar-refractivity contribution in [3.63, 3.8) is 0 Å². The molecule has 1 aromatic carbocycles. The molecule has 0 saturated heterocycles. The highest BCUT2D eigenvalue weighted by atomic mass is 79.9. The molecule has 6 heteroatoms. The Morgan fingerprint density at radius 3 is 2.86 bits per heavy atom. The second-order valence-corrected chi connectivity index (χ2v) is 7.29. The molecule has 1 aromatic rings. The number of nitrogens with one attached hydrogen (secondary N) is 1. The van der Waals surface area contributed by atoms with E-state index in [4.69, 9.17) is 0 Å². The first-order valence-corrected chi connectivity index (χ1v) is 8.27. The maximum atomic E-state index is 12.2. The highest BCUT2D eigenvalue weighted by molar-refractivity contribution is 9.10. The van der Waals surface area contributed by atoms with E-state index in [2.05, 4.69) is 33.4 Å². The minimum atomic E-state index is -0.0919. The van der Waals surface area contributed by atoms with Gasteiger partial charge >= 0.3 is 0 Å². The topological polar surface area (TPSA) is 81.9 Å². The number of amides is 1. The van der Waals surface area contributed by atoms with Gasteiger partial charge in [0.2, 0.25) is 5.91 Å². The van der Waals surface area contributed by atoms with Gasteiger partial charge in [-0.25, -0.2) is 5.43 Å². The third-order valence-corrected chi connectivity index (χ3v) is 5.72. The van der Waals surface area contributed by atoms with Gasteiger partial charge in [-0.05, 0) is 46.2 Å². The van der Waals surface area contributed by atoms with Gasteiger partial charge < -0.3 is 10.2 Å². The summed E-state index contributed by atoms with van der Waals surface area (Å²) >= 11 is 3.17. The van der Waals surface area contributed by atoms with E-state index >= 15 is 0 Å². The molecule has 3 N–H and O–H groups in total. The third kappa shape index (κ3) is 2.60. The number of phenols is 2. The molecule has 0 bridgehead atoms. The van der Waals surface area contributed by atoms with Crippen LogP contribution < -0.4 is 5.43 Å². The molecular weight excluding hydrogens is 348 g/mol. The number of benzene rings is 1. The minimum Gasteiger partial charge on any atom is -0.507 e. The average Bonchev–Trinajstić information content (AvgIpc) is 3.10. The van der Waals surface area contributed by atoms with Crippen LogP contribution in [0.1, 0.15) is 38.2 Å². The first kappa shape index (κ1) is 15.3. The van der Waals surface area contributed by atoms with Crippen molar-refractivity contribution < 1.29 is 15.0 Å². The zero-order valence-electron chi connectivity index (χ0n) is 12.3. The number of hydrogen-bond acceptors (Lipinski definition) is 4. The predicted octanol–water partition coefficient (Wildman–Crippen LogP) is 3.14. The lowest BCUT2D eigenvalue weighted by Crippen LogP contribution is -2.22. The lowest BCUT2D eigenvalue weighted by Gasteiger charge is -2.15. The molecule has 2 fully saturated rings. The van der Waals surface area contributed by atoms with Gasteiger partial charge in [-0.3, -0.25) is 4.79 Å². The fourth-order valence-electron chi connectivity index (χ4n) is 3.76. The van der Waals surface area contributed by atoms with Crippen molar-refractivity contribution in [3.05, 3.63) is 22.2 Å². The van der Waals surface area contributed by atoms with E-state index in [0.29, 0.717) is 16.0 Å². The number of nitrogens with zero attached hydrogens (tertiary/aromatic N) is 1. The fraction of sp³-hybridized carbons (Fsp3) is 0.500. The quantitative estimate of drug-likeness (QED) is 0.567. The van der Waals surface area contributed by atoms with Crippen LogP contribution in [0.2, 0.25) is 0 Å². The summed E-state index contributed by atoms with van der Waals surface area (Å²) in [7, 11) is 0. The number of fused-ring (bicyclic) bond motifs is 1. The number of hydrogen-bond donors (Lipinski definition) is 3. The standard InChI is InChI=1S/C16H19BrN2O3/c1-16-5-3-2-4-10(16)14(16)15(22)19-18-8-9-6-11(17)13(21)7-12(9)20/h6-8,10,14,20-21H,2-5H2,1H3,(H,19,22)/b18-8-/t10-,14-,16+/m1/s1. The Morgan fingerprint density at radius 1 is 1.41 bits per heavy atom. The van der Waals surface area contributed by atoms with Gasteiger partial charge in [0.15, 0.2) is 0 Å². The first-order chi connectivity index (χ1) is 10.4. The van der Waals surface area contributed by atoms with E-state index < -0.39 is 0 Å². The van der Waals surface area contributed by atoms with Crippen LogP contribution >= 0.6 is 15.9 Å². The SMILES string of the molecule is C[C@]12CCCC[C@@H]1[C@@H]2C(=O)N/N=C\c1cc(Br)c(O)cc1O. The molecule has 2 aliphatic rings. The number of carbonyl (C=O) groups excluding carboxylic acids is 1. The van der Waals surface area contributed by atoms with Crippen molar-refractivity contribution in [3.8, 4) is 11.5 Å². The highest BCUT2D eigenvalue weighted by Gasteiger charge is 2.64. The van der Waals surface area contributed by atoms with Crippen molar-refractivity contribution in [1.82, 2.24) is 5.43 Å². The molecule has 2 aliphatic carbocycles. The number of rotatable bonds is 3. The summed E-state index contributed by atoms with van der Waals surface area (Å²) in [6, 6.07) is 2.77. The maximum absolute atomic E-state index is 12.2. The molecule has 22 heavy (non-hydrogen) atoms. The second kappa shape index (κ2) is 5.57. The lowest BCUT2D eigenvalue weighted by atomic mass is 9.90. The molecule has 0 aliphatic heterocycles. The van der Waals surface area contributed by atoms with E-state index in [-0.39, 0.29) is 28.7 Å². The zero-order valence-corrected chi connectivity index (χ0v) is 13.9. The predicted molar refractivity (Wildman–Crippen MR) is 86.8 cm³/mol. The summed E-state index contributed by atoms with van der Waals surface area (Å²) in [5.41, 5.74) is 3.15. The van der Waals surface area contributed by atoms with E-state index in [1.54, 1.807) is 6.07 Å². The number of halogens is 1. The number of aromatic hydroxyl groups is 2. The summed E-state index contributed by atoms with van der Waals surface area (Å²) in [6.07, 6.45) is 6.04. The normalized spacial score (nSPS) is 30.1. The second-order valence-electron chi connectivity index (χ2n) is 6.43. The van der Waals surface area contributed by atoms with Crippen LogP contribution in [0.15, 0.2) is 21.7 Å². The largest absolute Gasteiger partial charge is 0.507 e. The molecule has 5 nitrogen and oxygen atoms in total.